The lowest BCUT2D eigenvalue weighted by molar-refractivity contribution is -0.116. The molecule has 1 amide bonds. The molecule has 2 aromatic rings. The predicted octanol–water partition coefficient (Wildman–Crippen LogP) is 3.44. The third kappa shape index (κ3) is 3.94. The number of ether oxygens (including phenoxy) is 2. The molecule has 1 unspecified atom stereocenters. The van der Waals surface area contributed by atoms with Crippen LogP contribution in [0, 0.1) is 0 Å². The number of methoxy groups -OCH3 is 2. The first-order valence-corrected chi connectivity index (χ1v) is 8.47. The Balaban J connectivity index is 1.71. The minimum atomic E-state index is 0.0940. The molecule has 0 saturated carbocycles. The Labute approximate surface area is 148 Å². The fourth-order valence-electron chi connectivity index (χ4n) is 3.07. The molecule has 1 heterocycles. The van der Waals surface area contributed by atoms with E-state index in [2.05, 4.69) is 29.7 Å². The molecule has 0 saturated heterocycles. The van der Waals surface area contributed by atoms with Gasteiger partial charge in [0.1, 0.15) is 11.5 Å². The van der Waals surface area contributed by atoms with Gasteiger partial charge < -0.3 is 20.1 Å². The number of hydrogen-bond donors (Lipinski definition) is 2. The van der Waals surface area contributed by atoms with Crippen molar-refractivity contribution in [2.45, 2.75) is 32.4 Å². The molecule has 0 aliphatic carbocycles. The summed E-state index contributed by atoms with van der Waals surface area (Å²) >= 11 is 0. The minimum Gasteiger partial charge on any atom is -0.497 e. The standard InChI is InChI=1S/C20H24N2O3/c1-13(14-4-7-18-15(10-14)5-9-20(23)22-18)21-12-16-11-17(24-2)6-8-19(16)25-3/h4,6-8,10-11,13,21H,5,9,12H2,1-3H3,(H,22,23). The molecule has 132 valence electrons. The highest BCUT2D eigenvalue weighted by Crippen LogP contribution is 2.27. The van der Waals surface area contributed by atoms with Crippen LogP contribution in [0.5, 0.6) is 11.5 Å². The third-order valence-electron chi connectivity index (χ3n) is 4.61. The first-order valence-electron chi connectivity index (χ1n) is 8.47. The first kappa shape index (κ1) is 17.3. The van der Waals surface area contributed by atoms with Crippen LogP contribution in [0.25, 0.3) is 0 Å². The highest BCUT2D eigenvalue weighted by molar-refractivity contribution is 5.93. The molecule has 1 aliphatic rings. The first-order chi connectivity index (χ1) is 12.1. The smallest absolute Gasteiger partial charge is 0.224 e. The molecule has 5 nitrogen and oxygen atoms in total. The van der Waals surface area contributed by atoms with Crippen LogP contribution < -0.4 is 20.1 Å². The maximum Gasteiger partial charge on any atom is 0.224 e. The lowest BCUT2D eigenvalue weighted by Gasteiger charge is -2.21. The summed E-state index contributed by atoms with van der Waals surface area (Å²) in [4.78, 5) is 11.5. The molecule has 5 heteroatoms. The SMILES string of the molecule is COc1ccc(OC)c(CNC(C)c2ccc3c(c2)CCC(=O)N3)c1. The van der Waals surface area contributed by atoms with Crippen molar-refractivity contribution in [3.05, 3.63) is 53.1 Å². The zero-order valence-electron chi connectivity index (χ0n) is 14.9. The van der Waals surface area contributed by atoms with E-state index in [0.717, 1.165) is 29.2 Å². The van der Waals surface area contributed by atoms with Gasteiger partial charge in [-0.05, 0) is 48.7 Å². The Morgan fingerprint density at radius 2 is 1.96 bits per heavy atom. The summed E-state index contributed by atoms with van der Waals surface area (Å²) in [6, 6.07) is 12.2. The van der Waals surface area contributed by atoms with E-state index in [1.165, 1.54) is 11.1 Å². The van der Waals surface area contributed by atoms with Crippen molar-refractivity contribution in [2.75, 3.05) is 19.5 Å². The van der Waals surface area contributed by atoms with E-state index in [4.69, 9.17) is 9.47 Å². The predicted molar refractivity (Wildman–Crippen MR) is 98.2 cm³/mol. The second-order valence-corrected chi connectivity index (χ2v) is 6.25. The van der Waals surface area contributed by atoms with E-state index in [1.807, 2.05) is 24.3 Å². The lowest BCUT2D eigenvalue weighted by Crippen LogP contribution is -2.21. The number of rotatable bonds is 6. The van der Waals surface area contributed by atoms with Crippen molar-refractivity contribution < 1.29 is 14.3 Å². The molecule has 2 N–H and O–H groups in total. The normalized spacial score (nSPS) is 14.4. The number of benzene rings is 2. The van der Waals surface area contributed by atoms with Gasteiger partial charge >= 0.3 is 0 Å². The molecule has 25 heavy (non-hydrogen) atoms. The molecule has 0 fully saturated rings. The molecule has 0 bridgehead atoms. The topological polar surface area (TPSA) is 59.6 Å². The van der Waals surface area contributed by atoms with Gasteiger partial charge in [0.15, 0.2) is 0 Å². The van der Waals surface area contributed by atoms with Crippen LogP contribution in [0.15, 0.2) is 36.4 Å². The van der Waals surface area contributed by atoms with Crippen molar-refractivity contribution in [1.29, 1.82) is 0 Å². The van der Waals surface area contributed by atoms with Crippen LogP contribution in [0.2, 0.25) is 0 Å². The number of carbonyl (C=O) groups excluding carboxylic acids is 1. The van der Waals surface area contributed by atoms with Crippen molar-refractivity contribution in [2.24, 2.45) is 0 Å². The Hall–Kier alpha value is -2.53. The highest BCUT2D eigenvalue weighted by Gasteiger charge is 2.16. The second kappa shape index (κ2) is 7.57. The van der Waals surface area contributed by atoms with Gasteiger partial charge in [-0.25, -0.2) is 0 Å². The van der Waals surface area contributed by atoms with Crippen molar-refractivity contribution in [3.63, 3.8) is 0 Å². The lowest BCUT2D eigenvalue weighted by atomic mass is 9.97. The molecule has 1 aliphatic heterocycles. The average Bonchev–Trinajstić information content (AvgIpc) is 2.65. The molecule has 0 spiro atoms. The Morgan fingerprint density at radius 3 is 2.72 bits per heavy atom. The average molecular weight is 340 g/mol. The summed E-state index contributed by atoms with van der Waals surface area (Å²) in [6.45, 7) is 2.81. The fourth-order valence-corrected chi connectivity index (χ4v) is 3.07. The summed E-state index contributed by atoms with van der Waals surface area (Å²) in [5, 5.41) is 6.46. The molecular weight excluding hydrogens is 316 g/mol. The minimum absolute atomic E-state index is 0.0940. The van der Waals surface area contributed by atoms with Crippen LogP contribution in [0.3, 0.4) is 0 Å². The van der Waals surface area contributed by atoms with Crippen LogP contribution >= 0.6 is 0 Å². The van der Waals surface area contributed by atoms with E-state index in [1.54, 1.807) is 14.2 Å². The van der Waals surface area contributed by atoms with Crippen molar-refractivity contribution in [3.8, 4) is 11.5 Å². The number of anilines is 1. The van der Waals surface area contributed by atoms with Gasteiger partial charge in [0.2, 0.25) is 5.91 Å². The fraction of sp³-hybridized carbons (Fsp3) is 0.350. The Kier molecular flexibility index (Phi) is 5.24. The van der Waals surface area contributed by atoms with Gasteiger partial charge in [0, 0.05) is 30.3 Å². The van der Waals surface area contributed by atoms with E-state index in [-0.39, 0.29) is 11.9 Å². The number of nitrogens with one attached hydrogen (secondary N) is 2. The second-order valence-electron chi connectivity index (χ2n) is 6.25. The van der Waals surface area contributed by atoms with Crippen LogP contribution in [-0.2, 0) is 17.8 Å². The van der Waals surface area contributed by atoms with Crippen molar-refractivity contribution >= 4 is 11.6 Å². The van der Waals surface area contributed by atoms with E-state index in [9.17, 15) is 4.79 Å². The molecule has 0 radical (unpaired) electrons. The maximum atomic E-state index is 11.5. The summed E-state index contributed by atoms with van der Waals surface area (Å²) in [7, 11) is 3.33. The third-order valence-corrected chi connectivity index (χ3v) is 4.61. The maximum absolute atomic E-state index is 11.5. The van der Waals surface area contributed by atoms with Gasteiger partial charge in [0.05, 0.1) is 14.2 Å². The van der Waals surface area contributed by atoms with Crippen molar-refractivity contribution in [1.82, 2.24) is 5.32 Å². The Morgan fingerprint density at radius 1 is 1.12 bits per heavy atom. The van der Waals surface area contributed by atoms with Crippen LogP contribution in [0.4, 0.5) is 5.69 Å². The van der Waals surface area contributed by atoms with Gasteiger partial charge in [-0.1, -0.05) is 12.1 Å². The summed E-state index contributed by atoms with van der Waals surface area (Å²) in [6.07, 6.45) is 1.35. The molecule has 1 atom stereocenters. The van der Waals surface area contributed by atoms with E-state index < -0.39 is 0 Å². The highest BCUT2D eigenvalue weighted by atomic mass is 16.5. The molecule has 2 aromatic carbocycles. The van der Waals surface area contributed by atoms with Gasteiger partial charge in [-0.3, -0.25) is 4.79 Å². The number of carbonyl (C=O) groups is 1. The molecular formula is C20H24N2O3. The zero-order chi connectivity index (χ0) is 17.8. The monoisotopic (exact) mass is 340 g/mol. The van der Waals surface area contributed by atoms with Crippen LogP contribution in [-0.4, -0.2) is 20.1 Å². The quantitative estimate of drug-likeness (QED) is 0.846. The summed E-state index contributed by atoms with van der Waals surface area (Å²) in [5.74, 6) is 1.75. The molecule has 3 rings (SSSR count). The number of amides is 1. The number of aryl methyl sites for hydroxylation is 1. The molecule has 0 aromatic heterocycles. The summed E-state index contributed by atoms with van der Waals surface area (Å²) < 4.78 is 10.7. The van der Waals surface area contributed by atoms with Gasteiger partial charge in [-0.15, -0.1) is 0 Å². The Bertz CT molecular complexity index is 774. The zero-order valence-corrected chi connectivity index (χ0v) is 14.9. The van der Waals surface area contributed by atoms with E-state index in [0.29, 0.717) is 13.0 Å². The van der Waals surface area contributed by atoms with Gasteiger partial charge in [-0.2, -0.15) is 0 Å². The number of fused-ring (bicyclic) bond motifs is 1. The largest absolute Gasteiger partial charge is 0.497 e. The summed E-state index contributed by atoms with van der Waals surface area (Å²) in [5.41, 5.74) is 4.39. The van der Waals surface area contributed by atoms with Crippen LogP contribution in [0.1, 0.15) is 36.1 Å². The van der Waals surface area contributed by atoms with E-state index >= 15 is 0 Å². The number of hydrogen-bond acceptors (Lipinski definition) is 4. The van der Waals surface area contributed by atoms with Gasteiger partial charge in [0.25, 0.3) is 0 Å².